The quantitative estimate of drug-likeness (QED) is 0.156. The van der Waals surface area contributed by atoms with Gasteiger partial charge in [-0.15, -0.1) is 0 Å². The molecule has 14 rings (SSSR count). The fourth-order valence-corrected chi connectivity index (χ4v) is 10.7. The molecule has 5 heteroatoms. The second kappa shape index (κ2) is 15.2. The SMILES string of the molecule is c1ccc(-c2cccc(-c3nc(-c4ccccc4)nc(-n4c5ccccc5c5c4ccc4c6ccccc6n(-c6ccccc6-c6ccc7c8ccccc8c8ccccc8c7c6)c45)n3)c2)cc1. The van der Waals surface area contributed by atoms with Gasteiger partial charge in [0, 0.05) is 38.2 Å². The van der Waals surface area contributed by atoms with E-state index in [1.165, 1.54) is 43.1 Å². The van der Waals surface area contributed by atoms with Gasteiger partial charge in [-0.2, -0.15) is 9.97 Å². The summed E-state index contributed by atoms with van der Waals surface area (Å²) in [4.78, 5) is 15.8. The van der Waals surface area contributed by atoms with Crippen molar-refractivity contribution in [2.24, 2.45) is 0 Å². The molecular formula is C63H39N5. The molecule has 3 heterocycles. The molecule has 0 saturated carbocycles. The first-order valence-electron chi connectivity index (χ1n) is 23.1. The van der Waals surface area contributed by atoms with Gasteiger partial charge in [0.25, 0.3) is 0 Å². The first-order valence-corrected chi connectivity index (χ1v) is 23.1. The summed E-state index contributed by atoms with van der Waals surface area (Å²) in [5.74, 6) is 1.78. The molecule has 68 heavy (non-hydrogen) atoms. The molecular weight excluding hydrogens is 827 g/mol. The first kappa shape index (κ1) is 38.1. The summed E-state index contributed by atoms with van der Waals surface area (Å²) in [5.41, 5.74) is 11.8. The molecule has 0 aliphatic heterocycles. The van der Waals surface area contributed by atoms with Gasteiger partial charge in [-0.1, -0.05) is 200 Å². The Morgan fingerprint density at radius 2 is 0.779 bits per heavy atom. The Kier molecular flexibility index (Phi) is 8.52. The second-order valence-corrected chi connectivity index (χ2v) is 17.5. The van der Waals surface area contributed by atoms with Gasteiger partial charge in [-0.25, -0.2) is 4.98 Å². The molecule has 11 aromatic carbocycles. The predicted octanol–water partition coefficient (Wildman–Crippen LogP) is 16.2. The zero-order chi connectivity index (χ0) is 44.7. The van der Waals surface area contributed by atoms with Gasteiger partial charge < -0.3 is 4.57 Å². The number of nitrogens with zero attached hydrogens (tertiary/aromatic N) is 5. The van der Waals surface area contributed by atoms with Crippen LogP contribution in [0, 0.1) is 0 Å². The topological polar surface area (TPSA) is 48.5 Å². The highest BCUT2D eigenvalue weighted by molar-refractivity contribution is 6.27. The molecule has 0 saturated heterocycles. The lowest BCUT2D eigenvalue weighted by Crippen LogP contribution is -2.06. The van der Waals surface area contributed by atoms with Gasteiger partial charge in [0.1, 0.15) is 0 Å². The summed E-state index contributed by atoms with van der Waals surface area (Å²) in [6, 6.07) is 84.6. The van der Waals surface area contributed by atoms with Gasteiger partial charge in [0.05, 0.1) is 27.8 Å². The van der Waals surface area contributed by atoms with Crippen LogP contribution in [-0.4, -0.2) is 24.1 Å². The van der Waals surface area contributed by atoms with E-state index in [1.807, 2.05) is 24.3 Å². The third-order valence-corrected chi connectivity index (χ3v) is 13.8. The zero-order valence-electron chi connectivity index (χ0n) is 36.8. The number of benzene rings is 11. The minimum Gasteiger partial charge on any atom is -0.308 e. The number of hydrogen-bond acceptors (Lipinski definition) is 3. The highest BCUT2D eigenvalue weighted by atomic mass is 15.2. The van der Waals surface area contributed by atoms with E-state index in [0.29, 0.717) is 17.6 Å². The third-order valence-electron chi connectivity index (χ3n) is 13.8. The molecule has 0 spiro atoms. The summed E-state index contributed by atoms with van der Waals surface area (Å²) in [5, 5.41) is 12.2. The van der Waals surface area contributed by atoms with E-state index in [0.717, 1.165) is 71.9 Å². The highest BCUT2D eigenvalue weighted by Crippen LogP contribution is 2.44. The molecule has 0 amide bonds. The molecule has 0 fully saturated rings. The molecule has 0 atom stereocenters. The number of hydrogen-bond donors (Lipinski definition) is 0. The van der Waals surface area contributed by atoms with Crippen LogP contribution in [0.2, 0.25) is 0 Å². The fourth-order valence-electron chi connectivity index (χ4n) is 10.7. The Morgan fingerprint density at radius 1 is 0.265 bits per heavy atom. The molecule has 0 aliphatic carbocycles. The molecule has 14 aromatic rings. The van der Waals surface area contributed by atoms with Crippen LogP contribution in [0.5, 0.6) is 0 Å². The lowest BCUT2D eigenvalue weighted by atomic mass is 9.92. The molecule has 3 aromatic heterocycles. The summed E-state index contributed by atoms with van der Waals surface area (Å²) < 4.78 is 4.72. The number of para-hydroxylation sites is 3. The van der Waals surface area contributed by atoms with Crippen LogP contribution in [0.4, 0.5) is 0 Å². The minimum atomic E-state index is 0.559. The Bertz CT molecular complexity index is 4280. The highest BCUT2D eigenvalue weighted by Gasteiger charge is 2.24. The number of rotatable bonds is 6. The molecule has 316 valence electrons. The van der Waals surface area contributed by atoms with Crippen LogP contribution in [-0.2, 0) is 0 Å². The molecule has 0 unspecified atom stereocenters. The van der Waals surface area contributed by atoms with Crippen molar-refractivity contribution >= 4 is 75.9 Å². The minimum absolute atomic E-state index is 0.559. The normalized spacial score (nSPS) is 11.8. The number of aromatic nitrogens is 5. The Balaban J connectivity index is 1.04. The summed E-state index contributed by atoms with van der Waals surface area (Å²) >= 11 is 0. The van der Waals surface area contributed by atoms with Crippen LogP contribution in [0.3, 0.4) is 0 Å². The number of fused-ring (bicyclic) bond motifs is 13. The van der Waals surface area contributed by atoms with Crippen molar-refractivity contribution < 1.29 is 0 Å². The first-order chi connectivity index (χ1) is 33.7. The summed E-state index contributed by atoms with van der Waals surface area (Å²) in [7, 11) is 0. The van der Waals surface area contributed by atoms with Crippen molar-refractivity contribution in [2.45, 2.75) is 0 Å². The average molecular weight is 866 g/mol. The lowest BCUT2D eigenvalue weighted by Gasteiger charge is -2.16. The monoisotopic (exact) mass is 865 g/mol. The maximum atomic E-state index is 5.36. The lowest BCUT2D eigenvalue weighted by molar-refractivity contribution is 0.953. The van der Waals surface area contributed by atoms with Crippen molar-refractivity contribution in [1.29, 1.82) is 0 Å². The maximum absolute atomic E-state index is 5.36. The van der Waals surface area contributed by atoms with Gasteiger partial charge in [-0.3, -0.25) is 4.57 Å². The average Bonchev–Trinajstić information content (AvgIpc) is 3.94. The van der Waals surface area contributed by atoms with Gasteiger partial charge in [0.15, 0.2) is 11.6 Å². The van der Waals surface area contributed by atoms with Crippen molar-refractivity contribution in [3.8, 4) is 56.7 Å². The molecule has 0 radical (unpaired) electrons. The van der Waals surface area contributed by atoms with Gasteiger partial charge in [-0.05, 0) is 85.4 Å². The van der Waals surface area contributed by atoms with Crippen LogP contribution in [0.25, 0.3) is 133 Å². The van der Waals surface area contributed by atoms with E-state index in [1.54, 1.807) is 0 Å². The van der Waals surface area contributed by atoms with E-state index in [-0.39, 0.29) is 0 Å². The second-order valence-electron chi connectivity index (χ2n) is 17.5. The van der Waals surface area contributed by atoms with Crippen LogP contribution >= 0.6 is 0 Å². The Hall–Kier alpha value is -9.19. The van der Waals surface area contributed by atoms with Crippen molar-refractivity contribution in [3.63, 3.8) is 0 Å². The van der Waals surface area contributed by atoms with E-state index in [2.05, 4.69) is 221 Å². The van der Waals surface area contributed by atoms with Crippen LogP contribution < -0.4 is 0 Å². The van der Waals surface area contributed by atoms with Gasteiger partial charge in [0.2, 0.25) is 5.95 Å². The molecule has 0 N–H and O–H groups in total. The van der Waals surface area contributed by atoms with E-state index in [4.69, 9.17) is 15.0 Å². The fraction of sp³-hybridized carbons (Fsp3) is 0. The largest absolute Gasteiger partial charge is 0.308 e. The Morgan fingerprint density at radius 3 is 1.50 bits per heavy atom. The zero-order valence-corrected chi connectivity index (χ0v) is 36.8. The molecule has 5 nitrogen and oxygen atoms in total. The van der Waals surface area contributed by atoms with E-state index in [9.17, 15) is 0 Å². The standard InChI is InChI=1S/C63H39N5/c1-3-18-40(19-4-1)42-22-17-23-44(38-42)62-64-61(41-20-5-2-6-21-41)65-63(66-62)68-57-33-16-13-30-53(57)59-58(68)37-36-52-51-29-12-15-32-56(51)67(60(52)59)55-31-14-11-24-45(55)43-34-35-50-48-27-8-7-25-46(48)47-26-9-10-28-49(47)54(50)39-43/h1-39H. The van der Waals surface area contributed by atoms with E-state index >= 15 is 0 Å². The van der Waals surface area contributed by atoms with Crippen molar-refractivity contribution in [3.05, 3.63) is 237 Å². The third kappa shape index (κ3) is 5.86. The van der Waals surface area contributed by atoms with Crippen molar-refractivity contribution in [2.75, 3.05) is 0 Å². The predicted molar refractivity (Wildman–Crippen MR) is 283 cm³/mol. The smallest absolute Gasteiger partial charge is 0.238 e. The van der Waals surface area contributed by atoms with Gasteiger partial charge >= 0.3 is 0 Å². The summed E-state index contributed by atoms with van der Waals surface area (Å²) in [6.45, 7) is 0. The Labute approximate surface area is 391 Å². The maximum Gasteiger partial charge on any atom is 0.238 e. The summed E-state index contributed by atoms with van der Waals surface area (Å²) in [6.07, 6.45) is 0. The van der Waals surface area contributed by atoms with Crippen molar-refractivity contribution in [1.82, 2.24) is 24.1 Å². The van der Waals surface area contributed by atoms with Crippen LogP contribution in [0.1, 0.15) is 0 Å². The molecule has 0 aliphatic rings. The van der Waals surface area contributed by atoms with Crippen LogP contribution in [0.15, 0.2) is 237 Å². The van der Waals surface area contributed by atoms with E-state index < -0.39 is 0 Å². The molecule has 0 bridgehead atoms.